The molecule has 7 heteroatoms. The van der Waals surface area contributed by atoms with Crippen LogP contribution >= 0.6 is 11.6 Å². The molecule has 2 unspecified atom stereocenters. The summed E-state index contributed by atoms with van der Waals surface area (Å²) in [4.78, 5) is 7.76. The highest BCUT2D eigenvalue weighted by Gasteiger charge is 2.26. The molecule has 0 aromatic heterocycles. The van der Waals surface area contributed by atoms with Crippen molar-refractivity contribution < 1.29 is 19.1 Å². The van der Waals surface area contributed by atoms with E-state index in [4.69, 9.17) is 21.2 Å². The van der Waals surface area contributed by atoms with Gasteiger partial charge in [-0.1, -0.05) is 65.3 Å². The summed E-state index contributed by atoms with van der Waals surface area (Å²) in [5.41, 5.74) is 2.59. The van der Waals surface area contributed by atoms with Crippen LogP contribution in [0, 0.1) is 5.82 Å². The third-order valence-corrected chi connectivity index (χ3v) is 5.75. The Labute approximate surface area is 198 Å². The van der Waals surface area contributed by atoms with Gasteiger partial charge < -0.3 is 14.7 Å². The normalized spacial score (nSPS) is 16.4. The smallest absolute Gasteiger partial charge is 0.145 e. The first kappa shape index (κ1) is 23.2. The lowest BCUT2D eigenvalue weighted by Crippen LogP contribution is -2.39. The van der Waals surface area contributed by atoms with Gasteiger partial charge in [-0.3, -0.25) is 4.90 Å². The largest absolute Gasteiger partial charge is 0.491 e. The molecule has 1 N–H and O–H groups in total. The predicted octanol–water partition coefficient (Wildman–Crippen LogP) is 4.91. The number of para-hydroxylation sites is 1. The second-order valence-corrected chi connectivity index (χ2v) is 8.45. The molecule has 3 aromatic rings. The lowest BCUT2D eigenvalue weighted by atomic mass is 10.0. The van der Waals surface area contributed by atoms with Gasteiger partial charge in [-0.15, -0.1) is 0 Å². The highest BCUT2D eigenvalue weighted by molar-refractivity contribution is 6.31. The molecule has 0 saturated heterocycles. The Kier molecular flexibility index (Phi) is 7.94. The number of benzene rings is 3. The van der Waals surface area contributed by atoms with Crippen molar-refractivity contribution in [3.05, 3.63) is 101 Å². The molecule has 33 heavy (non-hydrogen) atoms. The fourth-order valence-electron chi connectivity index (χ4n) is 3.76. The van der Waals surface area contributed by atoms with Crippen molar-refractivity contribution in [3.8, 4) is 5.75 Å². The second kappa shape index (κ2) is 11.3. The first-order valence-electron chi connectivity index (χ1n) is 10.9. The number of nitrogens with zero attached hydrogens (tertiary/aromatic N) is 2. The number of rotatable bonds is 10. The number of aliphatic hydroxyl groups is 1. The zero-order valence-electron chi connectivity index (χ0n) is 18.1. The molecule has 0 radical (unpaired) electrons. The Hall–Kier alpha value is -2.93. The van der Waals surface area contributed by atoms with Gasteiger partial charge in [0, 0.05) is 31.1 Å². The van der Waals surface area contributed by atoms with Gasteiger partial charge in [-0.05, 0) is 41.5 Å². The second-order valence-electron chi connectivity index (χ2n) is 8.04. The van der Waals surface area contributed by atoms with Crippen molar-refractivity contribution >= 4 is 17.3 Å². The number of ether oxygens (including phenoxy) is 1. The number of oxime groups is 1. The van der Waals surface area contributed by atoms with Crippen molar-refractivity contribution in [1.29, 1.82) is 0 Å². The van der Waals surface area contributed by atoms with E-state index in [9.17, 15) is 9.50 Å². The molecule has 4 rings (SSSR count). The first-order valence-corrected chi connectivity index (χ1v) is 11.2. The summed E-state index contributed by atoms with van der Waals surface area (Å²) in [6.45, 7) is 1.64. The lowest BCUT2D eigenvalue weighted by molar-refractivity contribution is 0.0213. The van der Waals surface area contributed by atoms with Crippen LogP contribution in [0.2, 0.25) is 5.02 Å². The summed E-state index contributed by atoms with van der Waals surface area (Å²) in [5, 5.41) is 15.5. The molecule has 2 atom stereocenters. The third kappa shape index (κ3) is 6.78. The number of hydrogen-bond acceptors (Lipinski definition) is 5. The Bertz CT molecular complexity index is 1060. The zero-order chi connectivity index (χ0) is 23.0. The SMILES string of the molecule is OC(COc1ccccc1)CN(Cc1ccccc1Cl)CC1CC(c2ccc(F)cc2)=NO1. The molecule has 0 fully saturated rings. The summed E-state index contributed by atoms with van der Waals surface area (Å²) in [6, 6.07) is 23.3. The van der Waals surface area contributed by atoms with Crippen molar-refractivity contribution in [2.75, 3.05) is 19.7 Å². The Morgan fingerprint density at radius 2 is 1.79 bits per heavy atom. The number of aliphatic hydroxyl groups excluding tert-OH is 1. The molecule has 172 valence electrons. The maximum Gasteiger partial charge on any atom is 0.145 e. The van der Waals surface area contributed by atoms with E-state index in [0.717, 1.165) is 16.8 Å². The Morgan fingerprint density at radius 1 is 1.06 bits per heavy atom. The van der Waals surface area contributed by atoms with Crippen LogP contribution in [0.25, 0.3) is 0 Å². The van der Waals surface area contributed by atoms with E-state index in [1.54, 1.807) is 12.1 Å². The molecule has 0 spiro atoms. The minimum absolute atomic E-state index is 0.173. The van der Waals surface area contributed by atoms with Crippen LogP contribution in [0.5, 0.6) is 5.75 Å². The fraction of sp³-hybridized carbons (Fsp3) is 0.269. The molecule has 3 aromatic carbocycles. The van der Waals surface area contributed by atoms with Crippen molar-refractivity contribution in [2.24, 2.45) is 5.16 Å². The maximum absolute atomic E-state index is 13.2. The molecule has 1 aliphatic heterocycles. The minimum atomic E-state index is -0.702. The van der Waals surface area contributed by atoms with Gasteiger partial charge in [0.25, 0.3) is 0 Å². The van der Waals surface area contributed by atoms with Gasteiger partial charge in [0.2, 0.25) is 0 Å². The van der Waals surface area contributed by atoms with Gasteiger partial charge >= 0.3 is 0 Å². The van der Waals surface area contributed by atoms with Crippen molar-refractivity contribution in [2.45, 2.75) is 25.2 Å². The lowest BCUT2D eigenvalue weighted by Gasteiger charge is -2.27. The van der Waals surface area contributed by atoms with E-state index in [1.807, 2.05) is 54.6 Å². The van der Waals surface area contributed by atoms with E-state index >= 15 is 0 Å². The van der Waals surface area contributed by atoms with E-state index in [2.05, 4.69) is 10.1 Å². The van der Waals surface area contributed by atoms with Crippen LogP contribution in [0.4, 0.5) is 4.39 Å². The van der Waals surface area contributed by atoms with Crippen LogP contribution in [0.15, 0.2) is 84.0 Å². The zero-order valence-corrected chi connectivity index (χ0v) is 18.9. The topological polar surface area (TPSA) is 54.3 Å². The van der Waals surface area contributed by atoms with Crippen LogP contribution in [-0.4, -0.2) is 47.6 Å². The Balaban J connectivity index is 1.38. The van der Waals surface area contributed by atoms with Gasteiger partial charge in [0.15, 0.2) is 0 Å². The van der Waals surface area contributed by atoms with Crippen LogP contribution in [0.3, 0.4) is 0 Å². The molecular weight excluding hydrogens is 443 g/mol. The number of halogens is 2. The molecule has 1 aliphatic rings. The summed E-state index contributed by atoms with van der Waals surface area (Å²) in [5.74, 6) is 0.429. The molecule has 0 saturated carbocycles. The summed E-state index contributed by atoms with van der Waals surface area (Å²) in [6.07, 6.45) is -0.289. The van der Waals surface area contributed by atoms with Gasteiger partial charge in [0.1, 0.15) is 30.4 Å². The standard InChI is InChI=1S/C26H26ClFN2O3/c27-25-9-5-4-6-20(25)15-30(16-22(31)18-32-23-7-2-1-3-8-23)17-24-14-26(29-33-24)19-10-12-21(28)13-11-19/h1-13,22,24,31H,14-18H2. The monoisotopic (exact) mass is 468 g/mol. The van der Waals surface area contributed by atoms with Crippen LogP contribution in [0.1, 0.15) is 17.5 Å². The van der Waals surface area contributed by atoms with Crippen LogP contribution in [-0.2, 0) is 11.4 Å². The van der Waals surface area contributed by atoms with Crippen molar-refractivity contribution in [3.63, 3.8) is 0 Å². The third-order valence-electron chi connectivity index (χ3n) is 5.38. The van der Waals surface area contributed by atoms with E-state index in [-0.39, 0.29) is 18.5 Å². The summed E-state index contributed by atoms with van der Waals surface area (Å²) < 4.78 is 18.9. The van der Waals surface area contributed by atoms with E-state index in [1.165, 1.54) is 12.1 Å². The van der Waals surface area contributed by atoms with Gasteiger partial charge in [0.05, 0.1) is 5.71 Å². The molecular formula is C26H26ClFN2O3. The first-order chi connectivity index (χ1) is 16.1. The van der Waals surface area contributed by atoms with E-state index in [0.29, 0.717) is 36.8 Å². The van der Waals surface area contributed by atoms with E-state index < -0.39 is 6.10 Å². The van der Waals surface area contributed by atoms with Gasteiger partial charge in [-0.2, -0.15) is 0 Å². The molecule has 0 aliphatic carbocycles. The predicted molar refractivity (Wildman–Crippen MR) is 127 cm³/mol. The molecule has 0 amide bonds. The van der Waals surface area contributed by atoms with Gasteiger partial charge in [-0.25, -0.2) is 4.39 Å². The Morgan fingerprint density at radius 3 is 2.55 bits per heavy atom. The molecule has 5 nitrogen and oxygen atoms in total. The molecule has 1 heterocycles. The minimum Gasteiger partial charge on any atom is -0.491 e. The van der Waals surface area contributed by atoms with Crippen LogP contribution < -0.4 is 4.74 Å². The maximum atomic E-state index is 13.2. The summed E-state index contributed by atoms with van der Waals surface area (Å²) in [7, 11) is 0. The quantitative estimate of drug-likeness (QED) is 0.459. The highest BCUT2D eigenvalue weighted by atomic mass is 35.5. The summed E-state index contributed by atoms with van der Waals surface area (Å²) >= 11 is 6.38. The molecule has 0 bridgehead atoms. The highest BCUT2D eigenvalue weighted by Crippen LogP contribution is 2.21. The number of hydrogen-bond donors (Lipinski definition) is 1. The van der Waals surface area contributed by atoms with Crippen molar-refractivity contribution in [1.82, 2.24) is 4.90 Å². The average molecular weight is 469 g/mol. The fourth-order valence-corrected chi connectivity index (χ4v) is 3.95. The average Bonchev–Trinajstić information content (AvgIpc) is 3.29.